The van der Waals surface area contributed by atoms with Crippen LogP contribution in [0.5, 0.6) is 5.75 Å². The van der Waals surface area contributed by atoms with Gasteiger partial charge in [0.15, 0.2) is 0 Å². The van der Waals surface area contributed by atoms with E-state index in [2.05, 4.69) is 21.2 Å². The van der Waals surface area contributed by atoms with Crippen LogP contribution in [0, 0.1) is 0 Å². The molecule has 0 amide bonds. The SMILES string of the molecule is CC(NCC(O)COCCOc1ccc(Br)cc1)c1cccc(Cl)c1.Cl. The number of nitrogens with one attached hydrogen (secondary N) is 1. The summed E-state index contributed by atoms with van der Waals surface area (Å²) in [6, 6.07) is 15.4. The highest BCUT2D eigenvalue weighted by Gasteiger charge is 2.09. The van der Waals surface area contributed by atoms with E-state index in [0.29, 0.717) is 24.8 Å². The Labute approximate surface area is 174 Å². The molecule has 0 aliphatic heterocycles. The van der Waals surface area contributed by atoms with Gasteiger partial charge in [0.05, 0.1) is 19.3 Å². The summed E-state index contributed by atoms with van der Waals surface area (Å²) in [4.78, 5) is 0. The smallest absolute Gasteiger partial charge is 0.119 e. The molecule has 2 aromatic carbocycles. The Morgan fingerprint density at radius 1 is 1.15 bits per heavy atom. The number of benzene rings is 2. The van der Waals surface area contributed by atoms with E-state index in [9.17, 15) is 5.11 Å². The zero-order chi connectivity index (χ0) is 18.1. The number of hydrogen-bond acceptors (Lipinski definition) is 4. The van der Waals surface area contributed by atoms with Gasteiger partial charge in [0.1, 0.15) is 12.4 Å². The van der Waals surface area contributed by atoms with Crippen molar-refractivity contribution in [2.24, 2.45) is 0 Å². The lowest BCUT2D eigenvalue weighted by atomic mass is 10.1. The number of aliphatic hydroxyl groups excluding tert-OH is 1. The number of hydrogen-bond donors (Lipinski definition) is 2. The Bertz CT molecular complexity index is 643. The van der Waals surface area contributed by atoms with Crippen molar-refractivity contribution < 1.29 is 14.6 Å². The lowest BCUT2D eigenvalue weighted by Crippen LogP contribution is -2.32. The van der Waals surface area contributed by atoms with Crippen molar-refractivity contribution in [1.82, 2.24) is 5.32 Å². The molecule has 2 atom stereocenters. The molecule has 0 spiro atoms. The predicted molar refractivity (Wildman–Crippen MR) is 112 cm³/mol. The maximum atomic E-state index is 9.99. The maximum Gasteiger partial charge on any atom is 0.119 e. The molecule has 2 aromatic rings. The molecule has 26 heavy (non-hydrogen) atoms. The van der Waals surface area contributed by atoms with Gasteiger partial charge in [0.2, 0.25) is 0 Å². The van der Waals surface area contributed by atoms with Crippen molar-refractivity contribution >= 4 is 39.9 Å². The second kappa shape index (κ2) is 12.5. The molecule has 0 aliphatic carbocycles. The summed E-state index contributed by atoms with van der Waals surface area (Å²) in [5, 5.41) is 14.0. The molecule has 0 radical (unpaired) electrons. The second-order valence-corrected chi connectivity index (χ2v) is 7.07. The summed E-state index contributed by atoms with van der Waals surface area (Å²) >= 11 is 9.37. The van der Waals surface area contributed by atoms with E-state index in [1.165, 1.54) is 0 Å². The lowest BCUT2D eigenvalue weighted by molar-refractivity contribution is 0.0242. The minimum atomic E-state index is -0.575. The van der Waals surface area contributed by atoms with Gasteiger partial charge in [-0.25, -0.2) is 0 Å². The molecule has 0 heterocycles. The Hall–Kier alpha value is -0.820. The van der Waals surface area contributed by atoms with E-state index >= 15 is 0 Å². The third-order valence-electron chi connectivity index (χ3n) is 3.63. The van der Waals surface area contributed by atoms with Crippen molar-refractivity contribution in [3.63, 3.8) is 0 Å². The van der Waals surface area contributed by atoms with E-state index in [1.807, 2.05) is 55.5 Å². The Balaban J connectivity index is 0.00000338. The molecule has 0 aliphatic rings. The van der Waals surface area contributed by atoms with Crippen molar-refractivity contribution in [3.8, 4) is 5.75 Å². The van der Waals surface area contributed by atoms with Crippen molar-refractivity contribution in [2.75, 3.05) is 26.4 Å². The first-order valence-electron chi connectivity index (χ1n) is 8.17. The first-order chi connectivity index (χ1) is 12.0. The first kappa shape index (κ1) is 23.2. The molecule has 0 aromatic heterocycles. The van der Waals surface area contributed by atoms with Gasteiger partial charge in [-0.05, 0) is 48.9 Å². The Morgan fingerprint density at radius 2 is 1.88 bits per heavy atom. The van der Waals surface area contributed by atoms with Crippen molar-refractivity contribution in [3.05, 3.63) is 63.6 Å². The van der Waals surface area contributed by atoms with Crippen LogP contribution in [0.15, 0.2) is 53.0 Å². The predicted octanol–water partition coefficient (Wildman–Crippen LogP) is 4.63. The molecular weight excluding hydrogens is 441 g/mol. The third kappa shape index (κ3) is 8.71. The zero-order valence-corrected chi connectivity index (χ0v) is 17.7. The maximum absolute atomic E-state index is 9.99. The van der Waals surface area contributed by atoms with Crippen molar-refractivity contribution in [2.45, 2.75) is 19.1 Å². The van der Waals surface area contributed by atoms with E-state index in [1.54, 1.807) is 0 Å². The molecule has 144 valence electrons. The van der Waals surface area contributed by atoms with Crippen LogP contribution in [-0.4, -0.2) is 37.6 Å². The second-order valence-electron chi connectivity index (χ2n) is 5.72. The van der Waals surface area contributed by atoms with Crippen LogP contribution < -0.4 is 10.1 Å². The molecule has 4 nitrogen and oxygen atoms in total. The number of halogens is 3. The normalized spacial score (nSPS) is 12.9. The lowest BCUT2D eigenvalue weighted by Gasteiger charge is -2.18. The highest BCUT2D eigenvalue weighted by atomic mass is 79.9. The highest BCUT2D eigenvalue weighted by molar-refractivity contribution is 9.10. The molecule has 0 saturated carbocycles. The standard InChI is InChI=1S/C19H23BrClNO3.ClH/c1-14(15-3-2-4-17(21)11-15)22-12-18(23)13-24-9-10-25-19-7-5-16(20)6-8-19;/h2-8,11,14,18,22-23H,9-10,12-13H2,1H3;1H. The molecule has 2 unspecified atom stereocenters. The summed E-state index contributed by atoms with van der Waals surface area (Å²) in [5.74, 6) is 0.796. The third-order valence-corrected chi connectivity index (χ3v) is 4.39. The van der Waals surface area contributed by atoms with E-state index in [4.69, 9.17) is 21.1 Å². The monoisotopic (exact) mass is 463 g/mol. The van der Waals surface area contributed by atoms with Crippen LogP contribution in [0.25, 0.3) is 0 Å². The van der Waals surface area contributed by atoms with Gasteiger partial charge < -0.3 is 19.9 Å². The average Bonchev–Trinajstić information content (AvgIpc) is 2.61. The van der Waals surface area contributed by atoms with Gasteiger partial charge in [0, 0.05) is 22.1 Å². The summed E-state index contributed by atoms with van der Waals surface area (Å²) in [6.45, 7) is 3.61. The molecule has 0 bridgehead atoms. The topological polar surface area (TPSA) is 50.7 Å². The summed E-state index contributed by atoms with van der Waals surface area (Å²) in [6.07, 6.45) is -0.575. The van der Waals surface area contributed by atoms with Crippen LogP contribution in [0.3, 0.4) is 0 Å². The molecule has 0 saturated heterocycles. The minimum absolute atomic E-state index is 0. The van der Waals surface area contributed by atoms with Gasteiger partial charge in [-0.1, -0.05) is 39.7 Å². The average molecular weight is 465 g/mol. The van der Waals surface area contributed by atoms with Gasteiger partial charge in [-0.3, -0.25) is 0 Å². The zero-order valence-electron chi connectivity index (χ0n) is 14.5. The fraction of sp³-hybridized carbons (Fsp3) is 0.368. The largest absolute Gasteiger partial charge is 0.491 e. The van der Waals surface area contributed by atoms with Gasteiger partial charge in [-0.15, -0.1) is 12.4 Å². The summed E-state index contributed by atoms with van der Waals surface area (Å²) in [7, 11) is 0. The van der Waals surface area contributed by atoms with Crippen LogP contribution in [0.4, 0.5) is 0 Å². The number of ether oxygens (including phenoxy) is 2. The van der Waals surface area contributed by atoms with Crippen molar-refractivity contribution in [1.29, 1.82) is 0 Å². The summed E-state index contributed by atoms with van der Waals surface area (Å²) in [5.41, 5.74) is 1.09. The molecule has 2 N–H and O–H groups in total. The molecule has 2 rings (SSSR count). The Kier molecular flexibility index (Phi) is 11.2. The van der Waals surface area contributed by atoms with Gasteiger partial charge >= 0.3 is 0 Å². The van der Waals surface area contributed by atoms with Crippen LogP contribution in [0.2, 0.25) is 5.02 Å². The van der Waals surface area contributed by atoms with E-state index < -0.39 is 6.10 Å². The number of rotatable bonds is 10. The first-order valence-corrected chi connectivity index (χ1v) is 9.34. The Morgan fingerprint density at radius 3 is 2.58 bits per heavy atom. The quantitative estimate of drug-likeness (QED) is 0.503. The molecule has 7 heteroatoms. The fourth-order valence-corrected chi connectivity index (χ4v) is 2.70. The number of aliphatic hydroxyl groups is 1. The minimum Gasteiger partial charge on any atom is -0.491 e. The van der Waals surface area contributed by atoms with Gasteiger partial charge in [-0.2, -0.15) is 0 Å². The molecular formula is C19H24BrCl2NO3. The summed E-state index contributed by atoms with van der Waals surface area (Å²) < 4.78 is 12.0. The van der Waals surface area contributed by atoms with Crippen LogP contribution in [0.1, 0.15) is 18.5 Å². The van der Waals surface area contributed by atoms with E-state index in [-0.39, 0.29) is 25.1 Å². The van der Waals surface area contributed by atoms with Crippen LogP contribution >= 0.6 is 39.9 Å². The van der Waals surface area contributed by atoms with Crippen LogP contribution in [-0.2, 0) is 4.74 Å². The van der Waals surface area contributed by atoms with Gasteiger partial charge in [0.25, 0.3) is 0 Å². The molecule has 0 fully saturated rings. The highest BCUT2D eigenvalue weighted by Crippen LogP contribution is 2.17. The fourth-order valence-electron chi connectivity index (χ4n) is 2.23. The van der Waals surface area contributed by atoms with E-state index in [0.717, 1.165) is 15.8 Å².